The minimum atomic E-state index is -3.32. The summed E-state index contributed by atoms with van der Waals surface area (Å²) >= 11 is 0. The Bertz CT molecular complexity index is 681. The molecular weight excluding hydrogens is 300 g/mol. The van der Waals surface area contributed by atoms with Crippen molar-refractivity contribution in [2.45, 2.75) is 35.6 Å². The zero-order chi connectivity index (χ0) is 15.0. The minimum Gasteiger partial charge on any atom is -0.380 e. The number of nitrogens with one attached hydrogen (secondary N) is 1. The summed E-state index contributed by atoms with van der Waals surface area (Å²) in [5.74, 6) is 0. The van der Waals surface area contributed by atoms with Gasteiger partial charge < -0.3 is 5.32 Å². The molecule has 1 aromatic rings. The van der Waals surface area contributed by atoms with Crippen LogP contribution >= 0.6 is 0 Å². The van der Waals surface area contributed by atoms with Crippen LogP contribution in [0.25, 0.3) is 0 Å². The zero-order valence-corrected chi connectivity index (χ0v) is 13.0. The molecule has 0 spiro atoms. The highest BCUT2D eigenvalue weighted by molar-refractivity contribution is 7.91. The van der Waals surface area contributed by atoms with Crippen molar-refractivity contribution in [3.63, 3.8) is 0 Å². The van der Waals surface area contributed by atoms with Crippen LogP contribution in [0.3, 0.4) is 0 Å². The Labute approximate surface area is 119 Å². The van der Waals surface area contributed by atoms with E-state index in [0.29, 0.717) is 12.1 Å². The van der Waals surface area contributed by atoms with Crippen molar-refractivity contribution in [1.82, 2.24) is 4.98 Å². The predicted octanol–water partition coefficient (Wildman–Crippen LogP) is 0.863. The second-order valence-electron chi connectivity index (χ2n) is 5.21. The molecule has 8 heteroatoms. The molecule has 1 aliphatic rings. The molecule has 1 fully saturated rings. The van der Waals surface area contributed by atoms with Crippen molar-refractivity contribution < 1.29 is 16.8 Å². The van der Waals surface area contributed by atoms with Crippen LogP contribution in [0.2, 0.25) is 0 Å². The van der Waals surface area contributed by atoms with Crippen LogP contribution in [-0.2, 0) is 19.7 Å². The number of aromatic nitrogens is 1. The summed E-state index contributed by atoms with van der Waals surface area (Å²) < 4.78 is 46.0. The van der Waals surface area contributed by atoms with E-state index in [1.165, 1.54) is 18.5 Å². The Balaban J connectivity index is 2.15. The molecular formula is C12H18N2O4S2. The zero-order valence-electron chi connectivity index (χ0n) is 11.4. The van der Waals surface area contributed by atoms with E-state index in [4.69, 9.17) is 0 Å². The first-order chi connectivity index (χ1) is 9.18. The lowest BCUT2D eigenvalue weighted by molar-refractivity contribution is 0.579. The lowest BCUT2D eigenvalue weighted by Crippen LogP contribution is -2.34. The van der Waals surface area contributed by atoms with Crippen LogP contribution in [0.15, 0.2) is 23.4 Å². The largest absolute Gasteiger partial charge is 0.380 e. The molecule has 112 valence electrons. The van der Waals surface area contributed by atoms with Gasteiger partial charge in [0.05, 0.1) is 17.1 Å². The van der Waals surface area contributed by atoms with Crippen molar-refractivity contribution in [2.24, 2.45) is 0 Å². The molecule has 0 saturated heterocycles. The van der Waals surface area contributed by atoms with E-state index in [1.54, 1.807) is 6.07 Å². The van der Waals surface area contributed by atoms with Crippen molar-refractivity contribution >= 4 is 25.4 Å². The third kappa shape index (κ3) is 3.49. The van der Waals surface area contributed by atoms with Crippen LogP contribution in [-0.4, -0.2) is 45.6 Å². The highest BCUT2D eigenvalue weighted by atomic mass is 32.2. The third-order valence-electron chi connectivity index (χ3n) is 3.47. The number of anilines is 1. The van der Waals surface area contributed by atoms with E-state index in [0.717, 1.165) is 19.1 Å². The second-order valence-corrected chi connectivity index (χ2v) is 9.43. The van der Waals surface area contributed by atoms with Crippen molar-refractivity contribution in [1.29, 1.82) is 0 Å². The summed E-state index contributed by atoms with van der Waals surface area (Å²) in [5, 5.41) is 2.76. The Morgan fingerprint density at radius 2 is 1.85 bits per heavy atom. The molecule has 0 aliphatic heterocycles. The van der Waals surface area contributed by atoms with Gasteiger partial charge in [-0.05, 0) is 31.4 Å². The molecule has 1 heterocycles. The van der Waals surface area contributed by atoms with E-state index in [-0.39, 0.29) is 11.1 Å². The molecule has 2 atom stereocenters. The number of rotatable bonds is 4. The summed E-state index contributed by atoms with van der Waals surface area (Å²) in [6.07, 6.45) is 6.08. The second kappa shape index (κ2) is 5.33. The van der Waals surface area contributed by atoms with Crippen molar-refractivity contribution in [3.8, 4) is 0 Å². The van der Waals surface area contributed by atoms with Gasteiger partial charge in [-0.3, -0.25) is 0 Å². The molecule has 1 N–H and O–H groups in total. The Morgan fingerprint density at radius 1 is 1.15 bits per heavy atom. The van der Waals surface area contributed by atoms with Gasteiger partial charge in [-0.2, -0.15) is 0 Å². The van der Waals surface area contributed by atoms with Crippen LogP contribution in [0.1, 0.15) is 19.3 Å². The van der Waals surface area contributed by atoms with Crippen LogP contribution in [0.5, 0.6) is 0 Å². The molecule has 2 unspecified atom stereocenters. The van der Waals surface area contributed by atoms with Gasteiger partial charge in [0.2, 0.25) is 0 Å². The Morgan fingerprint density at radius 3 is 2.35 bits per heavy atom. The lowest BCUT2D eigenvalue weighted by Gasteiger charge is -2.20. The summed E-state index contributed by atoms with van der Waals surface area (Å²) in [5.41, 5.74) is 0.637. The average Bonchev–Trinajstić information content (AvgIpc) is 2.76. The number of hydrogen-bond donors (Lipinski definition) is 1. The molecule has 1 aromatic heterocycles. The molecule has 6 nitrogen and oxygen atoms in total. The van der Waals surface area contributed by atoms with Gasteiger partial charge in [-0.25, -0.2) is 21.8 Å². The third-order valence-corrected chi connectivity index (χ3v) is 6.14. The number of sulfone groups is 2. The minimum absolute atomic E-state index is 0.00846. The summed E-state index contributed by atoms with van der Waals surface area (Å²) in [6.45, 7) is 0. The Kier molecular flexibility index (Phi) is 4.06. The standard InChI is InChI=1S/C12H18N2O4S2/c1-19(15,16)11-5-3-4-10(11)14-9-6-7-12(13-8-9)20(2,17)18/h6-8,10-11,14H,3-5H2,1-2H3. The van der Waals surface area contributed by atoms with E-state index in [1.807, 2.05) is 0 Å². The topological polar surface area (TPSA) is 93.2 Å². The quantitative estimate of drug-likeness (QED) is 0.885. The van der Waals surface area contributed by atoms with E-state index in [2.05, 4.69) is 10.3 Å². The van der Waals surface area contributed by atoms with Crippen molar-refractivity contribution in [3.05, 3.63) is 18.3 Å². The van der Waals surface area contributed by atoms with Gasteiger partial charge in [-0.15, -0.1) is 0 Å². The summed E-state index contributed by atoms with van der Waals surface area (Å²) in [7, 11) is -6.40. The van der Waals surface area contributed by atoms with Crippen LogP contribution in [0.4, 0.5) is 5.69 Å². The molecule has 0 bridgehead atoms. The van der Waals surface area contributed by atoms with E-state index >= 15 is 0 Å². The van der Waals surface area contributed by atoms with Crippen LogP contribution < -0.4 is 5.32 Å². The fourth-order valence-corrected chi connectivity index (χ4v) is 4.46. The Hall–Kier alpha value is -1.15. The highest BCUT2D eigenvalue weighted by Crippen LogP contribution is 2.28. The monoisotopic (exact) mass is 318 g/mol. The summed E-state index contributed by atoms with van der Waals surface area (Å²) in [4.78, 5) is 3.88. The fourth-order valence-electron chi connectivity index (χ4n) is 2.50. The SMILES string of the molecule is CS(=O)(=O)c1ccc(NC2CCCC2S(C)(=O)=O)cn1. The smallest absolute Gasteiger partial charge is 0.192 e. The van der Waals surface area contributed by atoms with Crippen molar-refractivity contribution in [2.75, 3.05) is 17.8 Å². The molecule has 1 aliphatic carbocycles. The van der Waals surface area contributed by atoms with Gasteiger partial charge in [-0.1, -0.05) is 0 Å². The first-order valence-corrected chi connectivity index (χ1v) is 10.1. The molecule has 0 amide bonds. The number of pyridine rings is 1. The lowest BCUT2D eigenvalue weighted by atomic mass is 10.2. The summed E-state index contributed by atoms with van der Waals surface area (Å²) in [6, 6.07) is 2.89. The molecule has 1 saturated carbocycles. The average molecular weight is 318 g/mol. The molecule has 0 aromatic carbocycles. The maximum Gasteiger partial charge on any atom is 0.192 e. The van der Waals surface area contributed by atoms with E-state index in [9.17, 15) is 16.8 Å². The normalized spacial score (nSPS) is 23.7. The van der Waals surface area contributed by atoms with Gasteiger partial charge >= 0.3 is 0 Å². The highest BCUT2D eigenvalue weighted by Gasteiger charge is 2.34. The maximum atomic E-state index is 11.7. The number of hydrogen-bond acceptors (Lipinski definition) is 6. The fraction of sp³-hybridized carbons (Fsp3) is 0.583. The maximum absolute atomic E-state index is 11.7. The van der Waals surface area contributed by atoms with E-state index < -0.39 is 24.9 Å². The first kappa shape index (κ1) is 15.2. The van der Waals surface area contributed by atoms with Crippen LogP contribution in [0, 0.1) is 0 Å². The first-order valence-electron chi connectivity index (χ1n) is 6.29. The van der Waals surface area contributed by atoms with Gasteiger partial charge in [0.15, 0.2) is 24.7 Å². The molecule has 20 heavy (non-hydrogen) atoms. The molecule has 2 rings (SSSR count). The number of nitrogens with zero attached hydrogens (tertiary/aromatic N) is 1. The van der Waals surface area contributed by atoms with Gasteiger partial charge in [0.1, 0.15) is 0 Å². The van der Waals surface area contributed by atoms with Gasteiger partial charge in [0, 0.05) is 18.6 Å². The molecule has 0 radical (unpaired) electrons. The predicted molar refractivity (Wildman–Crippen MR) is 77.2 cm³/mol. The van der Waals surface area contributed by atoms with Gasteiger partial charge in [0.25, 0.3) is 0 Å².